The van der Waals surface area contributed by atoms with Gasteiger partial charge in [0.15, 0.2) is 0 Å². The molecule has 0 aliphatic carbocycles. The number of aromatic nitrogens is 2. The fourth-order valence-electron chi connectivity index (χ4n) is 3.00. The average molecular weight is 422 g/mol. The third-order valence-electron chi connectivity index (χ3n) is 4.34. The van der Waals surface area contributed by atoms with Crippen molar-refractivity contribution in [1.29, 1.82) is 0 Å². The number of benzene rings is 1. The van der Waals surface area contributed by atoms with Crippen molar-refractivity contribution in [3.63, 3.8) is 0 Å². The molecule has 1 aromatic carbocycles. The van der Waals surface area contributed by atoms with E-state index >= 15 is 0 Å². The van der Waals surface area contributed by atoms with Crippen LogP contribution in [0.2, 0.25) is 0 Å². The lowest BCUT2D eigenvalue weighted by Gasteiger charge is -2.31. The Labute approximate surface area is 160 Å². The van der Waals surface area contributed by atoms with Gasteiger partial charge in [-0.3, -0.25) is 4.79 Å². The molecule has 1 amide bonds. The summed E-state index contributed by atoms with van der Waals surface area (Å²) in [7, 11) is 0. The molecule has 0 N–H and O–H groups in total. The molecular weight excluding hydrogens is 401 g/mol. The highest BCUT2D eigenvalue weighted by atomic mass is 79.9. The summed E-state index contributed by atoms with van der Waals surface area (Å²) in [6.45, 7) is 4.07. The third-order valence-corrected chi connectivity index (χ3v) is 4.75. The molecule has 7 heteroatoms. The van der Waals surface area contributed by atoms with Crippen molar-refractivity contribution in [2.75, 3.05) is 19.7 Å². The van der Waals surface area contributed by atoms with Gasteiger partial charge in [-0.2, -0.15) is 5.10 Å². The molecule has 1 aliphatic rings. The van der Waals surface area contributed by atoms with Crippen LogP contribution >= 0.6 is 15.9 Å². The van der Waals surface area contributed by atoms with E-state index in [0.717, 1.165) is 17.3 Å². The van der Waals surface area contributed by atoms with E-state index in [-0.39, 0.29) is 12.0 Å². The molecule has 0 atom stereocenters. The summed E-state index contributed by atoms with van der Waals surface area (Å²) in [4.78, 5) is 14.1. The maximum absolute atomic E-state index is 14.3. The Kier molecular flexibility index (Phi) is 6.21. The van der Waals surface area contributed by atoms with Crippen LogP contribution in [0.3, 0.4) is 0 Å². The highest BCUT2D eigenvalue weighted by Crippen LogP contribution is 2.18. The number of hydrogen-bond donors (Lipinski definition) is 0. The van der Waals surface area contributed by atoms with Gasteiger partial charge in [0.25, 0.3) is 0 Å². The minimum absolute atomic E-state index is 0.0551. The number of ether oxygens (including phenoxy) is 1. The van der Waals surface area contributed by atoms with E-state index in [1.54, 1.807) is 35.5 Å². The number of nitrogens with zero attached hydrogens (tertiary/aromatic N) is 3. The maximum Gasteiger partial charge on any atom is 0.246 e. The number of hydrogen-bond acceptors (Lipinski definition) is 3. The molecular formula is C19H21BrFN3O2. The van der Waals surface area contributed by atoms with Gasteiger partial charge in [0.05, 0.1) is 16.8 Å². The van der Waals surface area contributed by atoms with Crippen molar-refractivity contribution < 1.29 is 13.9 Å². The predicted octanol–water partition coefficient (Wildman–Crippen LogP) is 3.81. The first-order valence-corrected chi connectivity index (χ1v) is 9.45. The van der Waals surface area contributed by atoms with Gasteiger partial charge < -0.3 is 9.64 Å². The van der Waals surface area contributed by atoms with Crippen LogP contribution in [-0.4, -0.2) is 46.4 Å². The van der Waals surface area contributed by atoms with E-state index in [1.165, 1.54) is 16.8 Å². The number of carbonyl (C=O) groups excluding carboxylic acids is 1. The maximum atomic E-state index is 14.3. The highest BCUT2D eigenvalue weighted by Gasteiger charge is 2.21. The van der Waals surface area contributed by atoms with Gasteiger partial charge in [-0.1, -0.05) is 6.07 Å². The Hall–Kier alpha value is -1.99. The zero-order valence-corrected chi connectivity index (χ0v) is 16.2. The molecule has 0 saturated carbocycles. The van der Waals surface area contributed by atoms with Gasteiger partial charge in [-0.25, -0.2) is 9.07 Å². The second kappa shape index (κ2) is 8.60. The Morgan fingerprint density at radius 3 is 2.81 bits per heavy atom. The largest absolute Gasteiger partial charge is 0.378 e. The third kappa shape index (κ3) is 4.59. The minimum Gasteiger partial charge on any atom is -0.378 e. The molecule has 0 spiro atoms. The Bertz CT molecular complexity index is 798. The monoisotopic (exact) mass is 421 g/mol. The lowest BCUT2D eigenvalue weighted by molar-refractivity contribution is -0.128. The highest BCUT2D eigenvalue weighted by molar-refractivity contribution is 9.10. The number of rotatable bonds is 5. The molecule has 26 heavy (non-hydrogen) atoms. The summed E-state index contributed by atoms with van der Waals surface area (Å²) < 4.78 is 22.2. The number of carbonyl (C=O) groups is 1. The summed E-state index contributed by atoms with van der Waals surface area (Å²) in [5.41, 5.74) is 0.993. The van der Waals surface area contributed by atoms with Crippen LogP contribution < -0.4 is 0 Å². The smallest absolute Gasteiger partial charge is 0.246 e. The molecule has 1 aliphatic heterocycles. The molecule has 1 aromatic heterocycles. The molecule has 0 bridgehead atoms. The van der Waals surface area contributed by atoms with Crippen LogP contribution in [0.15, 0.2) is 41.1 Å². The summed E-state index contributed by atoms with van der Waals surface area (Å²) in [5, 5.41) is 4.07. The van der Waals surface area contributed by atoms with E-state index in [2.05, 4.69) is 21.0 Å². The summed E-state index contributed by atoms with van der Waals surface area (Å²) in [6, 6.07) is 4.81. The molecule has 3 rings (SSSR count). The normalized spacial score (nSPS) is 15.7. The lowest BCUT2D eigenvalue weighted by Crippen LogP contribution is -2.40. The van der Waals surface area contributed by atoms with Gasteiger partial charge in [0, 0.05) is 32.0 Å². The molecule has 5 nitrogen and oxygen atoms in total. The van der Waals surface area contributed by atoms with Crippen LogP contribution in [0, 0.1) is 5.82 Å². The van der Waals surface area contributed by atoms with E-state index in [1.807, 2.05) is 6.92 Å². The fourth-order valence-corrected chi connectivity index (χ4v) is 3.28. The molecule has 1 fully saturated rings. The molecule has 2 heterocycles. The quantitative estimate of drug-likeness (QED) is 0.689. The summed E-state index contributed by atoms with van der Waals surface area (Å²) in [6.07, 6.45) is 8.39. The zero-order valence-electron chi connectivity index (χ0n) is 14.6. The van der Waals surface area contributed by atoms with Gasteiger partial charge in [0.1, 0.15) is 11.5 Å². The van der Waals surface area contributed by atoms with E-state index in [4.69, 9.17) is 4.74 Å². The summed E-state index contributed by atoms with van der Waals surface area (Å²) in [5.74, 6) is -0.451. The van der Waals surface area contributed by atoms with Crippen molar-refractivity contribution in [2.45, 2.75) is 25.9 Å². The van der Waals surface area contributed by atoms with Crippen molar-refractivity contribution in [2.24, 2.45) is 0 Å². The molecule has 0 radical (unpaired) electrons. The first-order valence-electron chi connectivity index (χ1n) is 8.65. The van der Waals surface area contributed by atoms with Gasteiger partial charge >= 0.3 is 0 Å². The number of amides is 1. The van der Waals surface area contributed by atoms with Crippen molar-refractivity contribution >= 4 is 27.9 Å². The van der Waals surface area contributed by atoms with Crippen molar-refractivity contribution in [1.82, 2.24) is 14.7 Å². The zero-order chi connectivity index (χ0) is 18.5. The molecule has 0 unspecified atom stereocenters. The molecule has 2 aromatic rings. The SMILES string of the molecule is CCOC1CCN(C(=O)/C=C/c2ccc(-n3cc(Br)cn3)c(F)c2)CC1. The minimum atomic E-state index is -0.396. The second-order valence-corrected chi connectivity index (χ2v) is 7.04. The second-order valence-electron chi connectivity index (χ2n) is 6.13. The van der Waals surface area contributed by atoms with Gasteiger partial charge in [0.2, 0.25) is 5.91 Å². The van der Waals surface area contributed by atoms with Crippen LogP contribution in [0.4, 0.5) is 4.39 Å². The Morgan fingerprint density at radius 1 is 1.42 bits per heavy atom. The first-order chi connectivity index (χ1) is 12.6. The van der Waals surface area contributed by atoms with Crippen LogP contribution in [0.5, 0.6) is 0 Å². The number of likely N-dealkylation sites (tertiary alicyclic amines) is 1. The average Bonchev–Trinajstić information content (AvgIpc) is 3.07. The van der Waals surface area contributed by atoms with Crippen molar-refractivity contribution in [3.8, 4) is 5.69 Å². The Morgan fingerprint density at radius 2 is 2.19 bits per heavy atom. The van der Waals surface area contributed by atoms with Crippen molar-refractivity contribution in [3.05, 3.63) is 52.5 Å². The van der Waals surface area contributed by atoms with Gasteiger partial charge in [-0.15, -0.1) is 0 Å². The van der Waals surface area contributed by atoms with Gasteiger partial charge in [-0.05, 0) is 59.5 Å². The van der Waals surface area contributed by atoms with E-state index in [0.29, 0.717) is 30.9 Å². The Balaban J connectivity index is 1.62. The predicted molar refractivity (Wildman–Crippen MR) is 101 cm³/mol. The lowest BCUT2D eigenvalue weighted by atomic mass is 10.1. The topological polar surface area (TPSA) is 47.4 Å². The van der Waals surface area contributed by atoms with Crippen LogP contribution in [0.25, 0.3) is 11.8 Å². The summed E-state index contributed by atoms with van der Waals surface area (Å²) >= 11 is 3.29. The van der Waals surface area contributed by atoms with Crippen LogP contribution in [0.1, 0.15) is 25.3 Å². The number of piperidine rings is 1. The standard InChI is InChI=1S/C19H21BrFN3O2/c1-2-26-16-7-9-23(10-8-16)19(25)6-4-14-3-5-18(17(21)11-14)24-13-15(20)12-22-24/h3-6,11-13,16H,2,7-10H2,1H3/b6-4+. The van der Waals surface area contributed by atoms with E-state index < -0.39 is 5.82 Å². The van der Waals surface area contributed by atoms with Crippen LogP contribution in [-0.2, 0) is 9.53 Å². The first kappa shape index (κ1) is 18.8. The molecule has 1 saturated heterocycles. The number of halogens is 2. The molecule has 138 valence electrons. The fraction of sp³-hybridized carbons (Fsp3) is 0.368. The van der Waals surface area contributed by atoms with E-state index in [9.17, 15) is 9.18 Å².